The molecule has 0 N–H and O–H groups in total. The summed E-state index contributed by atoms with van der Waals surface area (Å²) in [5.74, 6) is 0. The van der Waals surface area contributed by atoms with Crippen LogP contribution in [0.25, 0.3) is 0 Å². The fourth-order valence-electron chi connectivity index (χ4n) is 2.51. The maximum Gasteiger partial charge on any atom is 0.290 e. The Kier molecular flexibility index (Phi) is 5.43. The zero-order valence-electron chi connectivity index (χ0n) is 14.6. The SMILES string of the molecule is Cc1ccc(S(=O)(=O)N=S(=O)(/C(F)=C2\C=CC=CC2)c2ccccc2)cc1. The van der Waals surface area contributed by atoms with E-state index in [0.717, 1.165) is 5.56 Å². The van der Waals surface area contributed by atoms with E-state index in [2.05, 4.69) is 3.77 Å². The summed E-state index contributed by atoms with van der Waals surface area (Å²) in [7, 11) is -8.33. The minimum absolute atomic E-state index is 0.00800. The summed E-state index contributed by atoms with van der Waals surface area (Å²) in [5, 5.41) is -1.04. The number of sulfonamides is 1. The van der Waals surface area contributed by atoms with Crippen LogP contribution in [0.15, 0.2) is 103 Å². The van der Waals surface area contributed by atoms with Gasteiger partial charge in [0.05, 0.1) is 9.79 Å². The second-order valence-electron chi connectivity index (χ2n) is 5.99. The Hall–Kier alpha value is -2.51. The van der Waals surface area contributed by atoms with Gasteiger partial charge in [0.2, 0.25) is 5.16 Å². The molecule has 0 saturated carbocycles. The van der Waals surface area contributed by atoms with Crippen LogP contribution >= 0.6 is 0 Å². The molecule has 1 atom stereocenters. The van der Waals surface area contributed by atoms with Crippen molar-refractivity contribution in [3.8, 4) is 0 Å². The summed E-state index contributed by atoms with van der Waals surface area (Å²) < 4.78 is 58.0. The Morgan fingerprint density at radius 2 is 1.59 bits per heavy atom. The van der Waals surface area contributed by atoms with Crippen molar-refractivity contribution in [2.75, 3.05) is 0 Å². The van der Waals surface area contributed by atoms with Crippen molar-refractivity contribution in [2.45, 2.75) is 23.1 Å². The van der Waals surface area contributed by atoms with Crippen LogP contribution in [0.3, 0.4) is 0 Å². The van der Waals surface area contributed by atoms with Crippen LogP contribution in [0.1, 0.15) is 12.0 Å². The monoisotopic (exact) mass is 403 g/mol. The molecule has 7 heteroatoms. The highest BCUT2D eigenvalue weighted by Crippen LogP contribution is 2.31. The summed E-state index contributed by atoms with van der Waals surface area (Å²) in [6.45, 7) is 1.81. The Labute approximate surface area is 159 Å². The molecule has 0 radical (unpaired) electrons. The largest absolute Gasteiger partial charge is 0.290 e. The Balaban J connectivity index is 2.26. The molecule has 0 aliphatic heterocycles. The van der Waals surface area contributed by atoms with Crippen LogP contribution in [-0.4, -0.2) is 12.6 Å². The zero-order valence-corrected chi connectivity index (χ0v) is 16.2. The third kappa shape index (κ3) is 4.09. The zero-order chi connectivity index (χ0) is 19.5. The summed E-state index contributed by atoms with van der Waals surface area (Å²) in [5.41, 5.74) is 1.01. The Morgan fingerprint density at radius 3 is 2.19 bits per heavy atom. The van der Waals surface area contributed by atoms with E-state index in [1.807, 2.05) is 6.92 Å². The van der Waals surface area contributed by atoms with E-state index in [4.69, 9.17) is 0 Å². The van der Waals surface area contributed by atoms with Crippen LogP contribution in [-0.2, 0) is 19.8 Å². The molecule has 2 aromatic rings. The molecule has 0 bridgehead atoms. The van der Waals surface area contributed by atoms with Crippen molar-refractivity contribution >= 4 is 19.8 Å². The van der Waals surface area contributed by atoms with Crippen molar-refractivity contribution in [3.63, 3.8) is 0 Å². The molecule has 0 heterocycles. The van der Waals surface area contributed by atoms with Crippen LogP contribution in [0.2, 0.25) is 0 Å². The van der Waals surface area contributed by atoms with Gasteiger partial charge in [-0.1, -0.05) is 64.0 Å². The van der Waals surface area contributed by atoms with E-state index in [1.54, 1.807) is 48.6 Å². The average Bonchev–Trinajstić information content (AvgIpc) is 2.68. The van der Waals surface area contributed by atoms with Gasteiger partial charge >= 0.3 is 0 Å². The molecule has 0 aromatic heterocycles. The van der Waals surface area contributed by atoms with E-state index in [0.29, 0.717) is 0 Å². The lowest BCUT2D eigenvalue weighted by Crippen LogP contribution is -2.09. The van der Waals surface area contributed by atoms with E-state index in [-0.39, 0.29) is 21.8 Å². The first-order valence-corrected chi connectivity index (χ1v) is 11.2. The third-order valence-corrected chi connectivity index (χ3v) is 8.11. The molecule has 1 aliphatic rings. The number of rotatable bonds is 4. The van der Waals surface area contributed by atoms with Crippen molar-refractivity contribution in [2.24, 2.45) is 3.77 Å². The quantitative estimate of drug-likeness (QED) is 0.729. The molecule has 0 fully saturated rings. The normalized spacial score (nSPS) is 18.0. The van der Waals surface area contributed by atoms with Crippen LogP contribution in [0, 0.1) is 6.92 Å². The predicted octanol–water partition coefficient (Wildman–Crippen LogP) is 4.91. The molecule has 2 aromatic carbocycles. The maximum absolute atomic E-state index is 15.3. The number of allylic oxidation sites excluding steroid dienone is 5. The lowest BCUT2D eigenvalue weighted by atomic mass is 10.1. The van der Waals surface area contributed by atoms with Crippen molar-refractivity contribution in [1.82, 2.24) is 0 Å². The van der Waals surface area contributed by atoms with E-state index < -0.39 is 24.9 Å². The first-order chi connectivity index (χ1) is 12.8. The van der Waals surface area contributed by atoms with Gasteiger partial charge in [-0.05, 0) is 37.6 Å². The van der Waals surface area contributed by atoms with Crippen molar-refractivity contribution in [3.05, 3.63) is 95.2 Å². The van der Waals surface area contributed by atoms with Crippen LogP contribution in [0.4, 0.5) is 4.39 Å². The summed E-state index contributed by atoms with van der Waals surface area (Å²) in [6, 6.07) is 13.6. The number of aryl methyl sites for hydroxylation is 1. The number of benzene rings is 2. The van der Waals surface area contributed by atoms with Crippen LogP contribution in [0.5, 0.6) is 0 Å². The second kappa shape index (κ2) is 7.62. The highest BCUT2D eigenvalue weighted by molar-refractivity contribution is 8.05. The second-order valence-corrected chi connectivity index (χ2v) is 9.89. The third-order valence-electron chi connectivity index (χ3n) is 3.96. The molecule has 4 nitrogen and oxygen atoms in total. The molecule has 0 spiro atoms. The standard InChI is InChI=1S/C20H18FNO3S2/c1-16-12-14-19(15-13-16)27(24,25)22-26(23,18-10-6-3-7-11-18)20(21)17-8-4-2-5-9-17/h2-8,10-15H,9H2,1H3/b20-17+. The van der Waals surface area contributed by atoms with Gasteiger partial charge in [0.1, 0.15) is 9.73 Å². The van der Waals surface area contributed by atoms with Gasteiger partial charge in [-0.2, -0.15) is 12.8 Å². The number of hydrogen-bond acceptors (Lipinski definition) is 3. The van der Waals surface area contributed by atoms with Gasteiger partial charge in [0.15, 0.2) is 0 Å². The van der Waals surface area contributed by atoms with E-state index in [1.165, 1.54) is 30.3 Å². The van der Waals surface area contributed by atoms with Gasteiger partial charge in [-0.25, -0.2) is 4.21 Å². The van der Waals surface area contributed by atoms with Gasteiger partial charge in [0.25, 0.3) is 10.0 Å². The van der Waals surface area contributed by atoms with Gasteiger partial charge in [-0.15, -0.1) is 0 Å². The van der Waals surface area contributed by atoms with Gasteiger partial charge < -0.3 is 0 Å². The Morgan fingerprint density at radius 1 is 0.926 bits per heavy atom. The summed E-state index contributed by atoms with van der Waals surface area (Å²) >= 11 is 0. The first-order valence-electron chi connectivity index (χ1n) is 8.20. The minimum atomic E-state index is -4.33. The van der Waals surface area contributed by atoms with E-state index in [9.17, 15) is 12.6 Å². The summed E-state index contributed by atoms with van der Waals surface area (Å²) in [6.07, 6.45) is 6.74. The molecule has 27 heavy (non-hydrogen) atoms. The lowest BCUT2D eigenvalue weighted by molar-refractivity contribution is 0.597. The maximum atomic E-state index is 15.3. The highest BCUT2D eigenvalue weighted by Gasteiger charge is 2.27. The smallest absolute Gasteiger partial charge is 0.236 e. The van der Waals surface area contributed by atoms with Crippen molar-refractivity contribution in [1.29, 1.82) is 0 Å². The summed E-state index contributed by atoms with van der Waals surface area (Å²) in [4.78, 5) is -0.123. The molecule has 0 amide bonds. The molecular weight excluding hydrogens is 385 g/mol. The number of halogens is 1. The molecular formula is C20H18FNO3S2. The number of nitrogens with zero attached hydrogens (tertiary/aromatic N) is 1. The highest BCUT2D eigenvalue weighted by atomic mass is 32.3. The van der Waals surface area contributed by atoms with Crippen LogP contribution < -0.4 is 0 Å². The lowest BCUT2D eigenvalue weighted by Gasteiger charge is -2.12. The fourth-order valence-corrected chi connectivity index (χ4v) is 6.29. The van der Waals surface area contributed by atoms with Gasteiger partial charge in [-0.3, -0.25) is 0 Å². The van der Waals surface area contributed by atoms with Gasteiger partial charge in [0, 0.05) is 5.57 Å². The van der Waals surface area contributed by atoms with E-state index >= 15 is 4.39 Å². The molecule has 1 aliphatic carbocycles. The minimum Gasteiger partial charge on any atom is -0.236 e. The fraction of sp³-hybridized carbons (Fsp3) is 0.100. The Bertz CT molecular complexity index is 1150. The molecule has 3 rings (SSSR count). The first kappa shape index (κ1) is 19.3. The molecule has 140 valence electrons. The topological polar surface area (TPSA) is 63.6 Å². The molecule has 0 saturated heterocycles. The predicted molar refractivity (Wildman–Crippen MR) is 105 cm³/mol. The molecule has 1 unspecified atom stereocenters. The number of hydrogen-bond donors (Lipinski definition) is 0. The van der Waals surface area contributed by atoms with Crippen molar-refractivity contribution < 1.29 is 17.0 Å². The average molecular weight is 404 g/mol.